The van der Waals surface area contributed by atoms with E-state index < -0.39 is 0 Å². The normalized spacial score (nSPS) is 20.1. The molecule has 0 unspecified atom stereocenters. The number of hydroxylamine groups is 2. The standard InChI is InChI=1S/C18H16ClN3O.ClH/c1-12-10-17(20-2)21-16-9-8-14(19)11-15(16)18(22(12)23)13-6-4-3-5-7-13;/h3-11,23H,1-2H3;1H/b12-10-,18-15-,20-17?,21-16?;. The lowest BCUT2D eigenvalue weighted by Crippen LogP contribution is -2.35. The maximum atomic E-state index is 10.7. The molecule has 1 aliphatic heterocycles. The third kappa shape index (κ3) is 3.51. The van der Waals surface area contributed by atoms with Crippen molar-refractivity contribution in [2.45, 2.75) is 6.92 Å². The highest BCUT2D eigenvalue weighted by Gasteiger charge is 2.16. The average molecular weight is 362 g/mol. The number of fused-ring (bicyclic) bond motifs is 1. The van der Waals surface area contributed by atoms with E-state index in [9.17, 15) is 5.21 Å². The highest BCUT2D eigenvalue weighted by atomic mass is 35.5. The molecular formula is C18H17Cl2N3O. The van der Waals surface area contributed by atoms with E-state index in [1.165, 1.54) is 0 Å². The van der Waals surface area contributed by atoms with Gasteiger partial charge in [0.25, 0.3) is 0 Å². The molecule has 2 aromatic carbocycles. The molecule has 2 aromatic rings. The highest BCUT2D eigenvalue weighted by molar-refractivity contribution is 6.30. The summed E-state index contributed by atoms with van der Waals surface area (Å²) in [6, 6.07) is 15.1. The molecule has 0 saturated heterocycles. The number of hydrogen-bond donors (Lipinski definition) is 1. The van der Waals surface area contributed by atoms with Gasteiger partial charge in [-0.25, -0.2) is 10.1 Å². The number of allylic oxidation sites excluding steroid dienone is 1. The van der Waals surface area contributed by atoms with Crippen LogP contribution in [-0.2, 0) is 0 Å². The zero-order valence-electron chi connectivity index (χ0n) is 13.3. The number of nitrogens with zero attached hydrogens (tertiary/aromatic N) is 3. The third-order valence-electron chi connectivity index (χ3n) is 3.61. The molecule has 1 N–H and O–H groups in total. The zero-order valence-corrected chi connectivity index (χ0v) is 14.8. The van der Waals surface area contributed by atoms with Gasteiger partial charge >= 0.3 is 0 Å². The minimum absolute atomic E-state index is 0. The molecule has 3 rings (SSSR count). The van der Waals surface area contributed by atoms with Crippen LogP contribution in [0.3, 0.4) is 0 Å². The monoisotopic (exact) mass is 361 g/mol. The molecule has 0 saturated carbocycles. The lowest BCUT2D eigenvalue weighted by Gasteiger charge is -2.23. The molecule has 0 spiro atoms. The fourth-order valence-corrected chi connectivity index (χ4v) is 2.65. The third-order valence-corrected chi connectivity index (χ3v) is 3.84. The van der Waals surface area contributed by atoms with Gasteiger partial charge < -0.3 is 0 Å². The van der Waals surface area contributed by atoms with E-state index in [2.05, 4.69) is 9.98 Å². The lowest BCUT2D eigenvalue weighted by atomic mass is 10.1. The Balaban J connectivity index is 0.00000208. The molecule has 0 aliphatic carbocycles. The molecule has 24 heavy (non-hydrogen) atoms. The maximum absolute atomic E-state index is 10.7. The minimum Gasteiger partial charge on any atom is -0.284 e. The molecule has 0 amide bonds. The Hall–Kier alpha value is -2.14. The second-order valence-corrected chi connectivity index (χ2v) is 5.60. The number of halogens is 2. The Morgan fingerprint density at radius 3 is 2.50 bits per heavy atom. The van der Waals surface area contributed by atoms with Crippen LogP contribution < -0.4 is 10.6 Å². The van der Waals surface area contributed by atoms with Crippen LogP contribution in [-0.4, -0.2) is 23.2 Å². The van der Waals surface area contributed by atoms with Gasteiger partial charge in [0.05, 0.1) is 11.1 Å². The maximum Gasteiger partial charge on any atom is 0.149 e. The molecule has 4 nitrogen and oxygen atoms in total. The van der Waals surface area contributed by atoms with Crippen molar-refractivity contribution in [2.75, 3.05) is 7.05 Å². The smallest absolute Gasteiger partial charge is 0.149 e. The summed E-state index contributed by atoms with van der Waals surface area (Å²) in [6.07, 6.45) is 1.74. The summed E-state index contributed by atoms with van der Waals surface area (Å²) >= 11 is 6.18. The van der Waals surface area contributed by atoms with E-state index in [0.29, 0.717) is 27.6 Å². The van der Waals surface area contributed by atoms with Crippen LogP contribution >= 0.6 is 24.0 Å². The Morgan fingerprint density at radius 1 is 1.12 bits per heavy atom. The van der Waals surface area contributed by atoms with Crippen molar-refractivity contribution in [3.8, 4) is 0 Å². The van der Waals surface area contributed by atoms with Gasteiger partial charge in [0, 0.05) is 34.6 Å². The van der Waals surface area contributed by atoms with Crippen molar-refractivity contribution in [2.24, 2.45) is 9.98 Å². The first kappa shape index (κ1) is 18.2. The largest absolute Gasteiger partial charge is 0.284 e. The summed E-state index contributed by atoms with van der Waals surface area (Å²) in [4.78, 5) is 8.72. The fourth-order valence-electron chi connectivity index (χ4n) is 2.48. The summed E-state index contributed by atoms with van der Waals surface area (Å²) < 4.78 is 0. The SMILES string of the molecule is CN=C1/C=C(/C)N(O)/C(c2ccccc2)=c2/cc(Cl)ccc2=N1.Cl. The van der Waals surface area contributed by atoms with E-state index >= 15 is 0 Å². The molecule has 0 bridgehead atoms. The number of rotatable bonds is 1. The van der Waals surface area contributed by atoms with Crippen LogP contribution in [0.25, 0.3) is 5.70 Å². The van der Waals surface area contributed by atoms with E-state index in [0.717, 1.165) is 15.8 Å². The number of hydrogen-bond acceptors (Lipinski definition) is 3. The van der Waals surface area contributed by atoms with Crippen LogP contribution in [0, 0.1) is 0 Å². The predicted octanol–water partition coefficient (Wildman–Crippen LogP) is 3.17. The van der Waals surface area contributed by atoms with Crippen molar-refractivity contribution >= 4 is 35.5 Å². The molecule has 0 atom stereocenters. The Kier molecular flexibility index (Phi) is 5.78. The van der Waals surface area contributed by atoms with Crippen molar-refractivity contribution < 1.29 is 5.21 Å². The van der Waals surface area contributed by atoms with Gasteiger partial charge in [0.15, 0.2) is 0 Å². The van der Waals surface area contributed by atoms with E-state index in [1.54, 1.807) is 32.2 Å². The van der Waals surface area contributed by atoms with Gasteiger partial charge in [-0.3, -0.25) is 10.2 Å². The number of amidine groups is 1. The van der Waals surface area contributed by atoms with Crippen molar-refractivity contribution in [3.05, 3.63) is 81.5 Å². The highest BCUT2D eigenvalue weighted by Crippen LogP contribution is 2.19. The van der Waals surface area contributed by atoms with Gasteiger partial charge in [-0.15, -0.1) is 12.4 Å². The summed E-state index contributed by atoms with van der Waals surface area (Å²) in [5.41, 5.74) is 2.13. The van der Waals surface area contributed by atoms with E-state index in [-0.39, 0.29) is 12.4 Å². The Bertz CT molecular complexity index is 921. The van der Waals surface area contributed by atoms with Gasteiger partial charge in [-0.05, 0) is 25.1 Å². The van der Waals surface area contributed by atoms with Gasteiger partial charge in [0.2, 0.25) is 0 Å². The first-order chi connectivity index (χ1) is 11.1. The molecule has 0 fully saturated rings. The molecule has 1 heterocycles. The van der Waals surface area contributed by atoms with Crippen LogP contribution in [0.2, 0.25) is 5.02 Å². The Morgan fingerprint density at radius 2 is 1.83 bits per heavy atom. The first-order valence-electron chi connectivity index (χ1n) is 7.18. The summed E-state index contributed by atoms with van der Waals surface area (Å²) in [7, 11) is 1.67. The quantitative estimate of drug-likeness (QED) is 0.847. The number of benzene rings is 2. The van der Waals surface area contributed by atoms with Gasteiger partial charge in [0.1, 0.15) is 5.84 Å². The van der Waals surface area contributed by atoms with Crippen LogP contribution in [0.5, 0.6) is 0 Å². The summed E-state index contributed by atoms with van der Waals surface area (Å²) in [6.45, 7) is 1.80. The predicted molar refractivity (Wildman–Crippen MR) is 99.2 cm³/mol. The second kappa shape index (κ2) is 7.62. The second-order valence-electron chi connectivity index (χ2n) is 5.17. The molecule has 0 radical (unpaired) electrons. The molecule has 124 valence electrons. The molecule has 0 aromatic heterocycles. The first-order valence-corrected chi connectivity index (χ1v) is 7.56. The van der Waals surface area contributed by atoms with Crippen LogP contribution in [0.15, 0.2) is 70.3 Å². The van der Waals surface area contributed by atoms with Crippen LogP contribution in [0.4, 0.5) is 0 Å². The topological polar surface area (TPSA) is 48.2 Å². The summed E-state index contributed by atoms with van der Waals surface area (Å²) in [5.74, 6) is 0.539. The van der Waals surface area contributed by atoms with Crippen molar-refractivity contribution in [3.63, 3.8) is 0 Å². The zero-order chi connectivity index (χ0) is 16.4. The summed E-state index contributed by atoms with van der Waals surface area (Å²) in [5, 5.41) is 13.9. The average Bonchev–Trinajstić information content (AvgIpc) is 2.56. The van der Waals surface area contributed by atoms with Crippen LogP contribution in [0.1, 0.15) is 12.5 Å². The molecular weight excluding hydrogens is 345 g/mol. The van der Waals surface area contributed by atoms with Crippen molar-refractivity contribution in [1.82, 2.24) is 5.06 Å². The minimum atomic E-state index is 0. The fraction of sp³-hybridized carbons (Fsp3) is 0.111. The lowest BCUT2D eigenvalue weighted by molar-refractivity contribution is 0.00923. The number of aliphatic imine (C=N–C) groups is 1. The Labute approximate surface area is 151 Å². The van der Waals surface area contributed by atoms with Gasteiger partial charge in [-0.2, -0.15) is 0 Å². The molecule has 1 aliphatic rings. The van der Waals surface area contributed by atoms with E-state index in [1.807, 2.05) is 36.4 Å². The van der Waals surface area contributed by atoms with Gasteiger partial charge in [-0.1, -0.05) is 41.9 Å². The van der Waals surface area contributed by atoms with E-state index in [4.69, 9.17) is 11.6 Å². The molecule has 6 heteroatoms. The van der Waals surface area contributed by atoms with Crippen molar-refractivity contribution in [1.29, 1.82) is 0 Å².